The lowest BCUT2D eigenvalue weighted by Gasteiger charge is -2.55. The van der Waals surface area contributed by atoms with Crippen molar-refractivity contribution in [3.05, 3.63) is 52.8 Å². The van der Waals surface area contributed by atoms with Crippen LogP contribution in [0.2, 0.25) is 0 Å². The van der Waals surface area contributed by atoms with Gasteiger partial charge in [0, 0.05) is 48.1 Å². The predicted octanol–water partition coefficient (Wildman–Crippen LogP) is 5.96. The topological polar surface area (TPSA) is 138 Å². The lowest BCUT2D eigenvalue weighted by atomic mass is 9.59. The highest BCUT2D eigenvalue weighted by atomic mass is 19.3. The molecule has 254 valence electrons. The number of anilines is 1. The molecule has 2 aromatic heterocycles. The standard InChI is InChI=1S/C34H43F2N5O6/c1-19-14-26(45-6)23(21-10-12-41(27(19)21)31(44)47-32(3,4)5)16-40-13-11-33(17-34(35,36)18-33)15-25(40)22-8-9-24(30(43)46-7)39-29(22)38-20(2)28(37)42/h8-10,12,14,20,25H,11,13,15-18H2,1-7H3,(H2,37,42)(H,38,39)/t20-,25+/m1/s1. The average molecular weight is 656 g/mol. The molecule has 3 N–H and O–H groups in total. The molecule has 2 fully saturated rings. The molecule has 0 unspecified atom stereocenters. The number of rotatable bonds is 8. The minimum Gasteiger partial charge on any atom is -0.496 e. The third kappa shape index (κ3) is 6.90. The maximum atomic E-state index is 14.3. The van der Waals surface area contributed by atoms with Crippen molar-refractivity contribution in [3.8, 4) is 5.75 Å². The zero-order valence-electron chi connectivity index (χ0n) is 27.9. The zero-order valence-corrected chi connectivity index (χ0v) is 27.9. The second kappa shape index (κ2) is 12.4. The Morgan fingerprint density at radius 2 is 1.87 bits per heavy atom. The summed E-state index contributed by atoms with van der Waals surface area (Å²) in [4.78, 5) is 44.3. The molecule has 5 rings (SSSR count). The number of amides is 1. The SMILES string of the molecule is COC(=O)c1ccc([C@@H]2CC3(CCN2Cc2c(OC)cc(C)c4c2ccn4C(=O)OC(C)(C)C)CC(F)(F)C3)c(N[C@H](C)C(N)=O)n1. The van der Waals surface area contributed by atoms with Gasteiger partial charge in [0.05, 0.1) is 19.7 Å². The molecule has 1 saturated carbocycles. The number of likely N-dealkylation sites (tertiary alicyclic amines) is 1. The number of hydrogen-bond donors (Lipinski definition) is 2. The Morgan fingerprint density at radius 1 is 1.17 bits per heavy atom. The first-order chi connectivity index (χ1) is 22.0. The first kappa shape index (κ1) is 34.1. The van der Waals surface area contributed by atoms with E-state index in [0.29, 0.717) is 42.8 Å². The van der Waals surface area contributed by atoms with Crippen molar-refractivity contribution >= 4 is 34.7 Å². The predicted molar refractivity (Wildman–Crippen MR) is 172 cm³/mol. The van der Waals surface area contributed by atoms with E-state index >= 15 is 0 Å². The number of halogens is 2. The van der Waals surface area contributed by atoms with Crippen molar-refractivity contribution < 1.29 is 37.4 Å². The average Bonchev–Trinajstić information content (AvgIpc) is 3.43. The van der Waals surface area contributed by atoms with Crippen molar-refractivity contribution in [2.45, 2.75) is 90.5 Å². The number of fused-ring (bicyclic) bond motifs is 1. The number of pyridine rings is 1. The third-order valence-corrected chi connectivity index (χ3v) is 9.13. The molecule has 0 bridgehead atoms. The fourth-order valence-corrected chi connectivity index (χ4v) is 6.96. The van der Waals surface area contributed by atoms with Crippen molar-refractivity contribution in [1.29, 1.82) is 0 Å². The summed E-state index contributed by atoms with van der Waals surface area (Å²) < 4.78 is 46.6. The molecule has 3 heterocycles. The van der Waals surface area contributed by atoms with Gasteiger partial charge >= 0.3 is 12.1 Å². The number of esters is 1. The largest absolute Gasteiger partial charge is 0.496 e. The van der Waals surface area contributed by atoms with E-state index in [4.69, 9.17) is 19.9 Å². The van der Waals surface area contributed by atoms with E-state index < -0.39 is 47.0 Å². The van der Waals surface area contributed by atoms with Gasteiger partial charge in [0.15, 0.2) is 5.69 Å². The van der Waals surface area contributed by atoms with Crippen LogP contribution in [0.25, 0.3) is 10.9 Å². The second-order valence-electron chi connectivity index (χ2n) is 13.8. The Morgan fingerprint density at radius 3 is 2.47 bits per heavy atom. The summed E-state index contributed by atoms with van der Waals surface area (Å²) in [6.45, 7) is 9.71. The molecule has 1 amide bonds. The number of ether oxygens (including phenoxy) is 3. The lowest BCUT2D eigenvalue weighted by Crippen LogP contribution is -2.53. The van der Waals surface area contributed by atoms with Gasteiger partial charge in [0.2, 0.25) is 11.8 Å². The van der Waals surface area contributed by atoms with Gasteiger partial charge in [0.25, 0.3) is 0 Å². The van der Waals surface area contributed by atoms with Crippen LogP contribution in [-0.2, 0) is 20.8 Å². The van der Waals surface area contributed by atoms with Gasteiger partial charge in [-0.05, 0) is 83.2 Å². The van der Waals surface area contributed by atoms with Crippen LogP contribution in [0.5, 0.6) is 5.75 Å². The van der Waals surface area contributed by atoms with Crippen LogP contribution in [-0.4, -0.2) is 70.8 Å². The molecule has 1 spiro atoms. The number of primary amides is 1. The molecule has 2 aliphatic rings. The minimum atomic E-state index is -2.72. The summed E-state index contributed by atoms with van der Waals surface area (Å²) in [7, 11) is 2.82. The van der Waals surface area contributed by atoms with Gasteiger partial charge in [-0.2, -0.15) is 0 Å². The highest BCUT2D eigenvalue weighted by molar-refractivity contribution is 5.95. The van der Waals surface area contributed by atoms with E-state index in [2.05, 4.69) is 15.2 Å². The maximum Gasteiger partial charge on any atom is 0.419 e. The number of methoxy groups -OCH3 is 2. The van der Waals surface area contributed by atoms with Gasteiger partial charge < -0.3 is 25.3 Å². The van der Waals surface area contributed by atoms with Crippen molar-refractivity contribution in [3.63, 3.8) is 0 Å². The zero-order chi connectivity index (χ0) is 34.5. The Balaban J connectivity index is 1.60. The molecule has 47 heavy (non-hydrogen) atoms. The monoisotopic (exact) mass is 655 g/mol. The van der Waals surface area contributed by atoms with Crippen LogP contribution in [0.3, 0.4) is 0 Å². The lowest BCUT2D eigenvalue weighted by molar-refractivity contribution is -0.186. The molecule has 11 nitrogen and oxygen atoms in total. The number of nitrogens with two attached hydrogens (primary N) is 1. The van der Waals surface area contributed by atoms with E-state index in [1.165, 1.54) is 17.7 Å². The highest BCUT2D eigenvalue weighted by Gasteiger charge is 2.58. The van der Waals surface area contributed by atoms with E-state index in [-0.39, 0.29) is 24.4 Å². The number of aryl methyl sites for hydroxylation is 1. The molecule has 1 aliphatic heterocycles. The number of carbonyl (C=O) groups is 3. The molecular weight excluding hydrogens is 612 g/mol. The fraction of sp³-hybridized carbons (Fsp3) is 0.529. The van der Waals surface area contributed by atoms with E-state index in [1.54, 1.807) is 47.1 Å². The quantitative estimate of drug-likeness (QED) is 0.282. The van der Waals surface area contributed by atoms with E-state index in [9.17, 15) is 23.2 Å². The number of nitrogens with zero attached hydrogens (tertiary/aromatic N) is 3. The Hall–Kier alpha value is -4.26. The molecule has 13 heteroatoms. The summed E-state index contributed by atoms with van der Waals surface area (Å²) in [5, 5.41) is 3.83. The number of alkyl halides is 2. The number of aromatic nitrogens is 2. The van der Waals surface area contributed by atoms with Crippen molar-refractivity contribution in [1.82, 2.24) is 14.5 Å². The molecule has 1 saturated heterocycles. The Kier molecular flexibility index (Phi) is 8.99. The highest BCUT2D eigenvalue weighted by Crippen LogP contribution is 2.61. The summed E-state index contributed by atoms with van der Waals surface area (Å²) in [5.74, 6) is -3.15. The molecule has 0 radical (unpaired) electrons. The summed E-state index contributed by atoms with van der Waals surface area (Å²) in [6, 6.07) is 5.71. The summed E-state index contributed by atoms with van der Waals surface area (Å²) in [6.07, 6.45) is 1.70. The molecule has 3 aromatic rings. The number of carbonyl (C=O) groups excluding carboxylic acids is 3. The van der Waals surface area contributed by atoms with Crippen molar-refractivity contribution in [2.75, 3.05) is 26.1 Å². The molecule has 1 aliphatic carbocycles. The Bertz CT molecular complexity index is 1710. The van der Waals surface area contributed by atoms with Crippen LogP contribution < -0.4 is 15.8 Å². The van der Waals surface area contributed by atoms with Gasteiger partial charge in [-0.15, -0.1) is 0 Å². The molecule has 2 atom stereocenters. The minimum absolute atomic E-state index is 0.0214. The van der Waals surface area contributed by atoms with Crippen LogP contribution in [0, 0.1) is 12.3 Å². The van der Waals surface area contributed by atoms with E-state index in [0.717, 1.165) is 16.5 Å². The molecular formula is C34H43F2N5O6. The van der Waals surface area contributed by atoms with Gasteiger partial charge in [-0.25, -0.2) is 23.4 Å². The second-order valence-corrected chi connectivity index (χ2v) is 13.8. The smallest absolute Gasteiger partial charge is 0.419 e. The maximum absolute atomic E-state index is 14.3. The van der Waals surface area contributed by atoms with Gasteiger partial charge in [-0.3, -0.25) is 14.3 Å². The number of hydrogen-bond acceptors (Lipinski definition) is 9. The number of benzene rings is 1. The summed E-state index contributed by atoms with van der Waals surface area (Å²) >= 11 is 0. The van der Waals surface area contributed by atoms with Crippen molar-refractivity contribution in [2.24, 2.45) is 11.1 Å². The first-order valence-corrected chi connectivity index (χ1v) is 15.6. The van der Waals surface area contributed by atoms with Crippen LogP contribution in [0.15, 0.2) is 30.5 Å². The van der Waals surface area contributed by atoms with E-state index in [1.807, 2.05) is 19.1 Å². The number of piperidine rings is 1. The van der Waals surface area contributed by atoms with Gasteiger partial charge in [0.1, 0.15) is 23.2 Å². The third-order valence-electron chi connectivity index (χ3n) is 9.13. The Labute approximate surface area is 272 Å². The fourth-order valence-electron chi connectivity index (χ4n) is 6.96. The summed E-state index contributed by atoms with van der Waals surface area (Å²) in [5.41, 5.74) is 7.25. The van der Waals surface area contributed by atoms with Crippen LogP contribution >= 0.6 is 0 Å². The van der Waals surface area contributed by atoms with Gasteiger partial charge in [-0.1, -0.05) is 6.07 Å². The normalized spacial score (nSPS) is 19.6. The number of nitrogens with one attached hydrogen (secondary N) is 1. The first-order valence-electron chi connectivity index (χ1n) is 15.6. The van der Waals surface area contributed by atoms with Crippen LogP contribution in [0.1, 0.15) is 86.6 Å². The molecule has 1 aromatic carbocycles. The van der Waals surface area contributed by atoms with Crippen LogP contribution in [0.4, 0.5) is 19.4 Å².